The Balaban J connectivity index is 1.52. The molecule has 2 atom stereocenters. The second-order valence-corrected chi connectivity index (χ2v) is 9.91. The van der Waals surface area contributed by atoms with Crippen LogP contribution in [0.4, 0.5) is 0 Å². The highest BCUT2D eigenvalue weighted by atomic mass is 16.5. The Bertz CT molecular complexity index is 904. The Morgan fingerprint density at radius 3 is 2.65 bits per heavy atom. The Morgan fingerprint density at radius 2 is 2.03 bits per heavy atom. The van der Waals surface area contributed by atoms with Crippen molar-refractivity contribution in [2.75, 3.05) is 7.11 Å². The van der Waals surface area contributed by atoms with Crippen LogP contribution in [-0.2, 0) is 16.1 Å². The Labute approximate surface area is 183 Å². The normalized spacial score (nSPS) is 31.9. The maximum atomic E-state index is 12.0. The summed E-state index contributed by atoms with van der Waals surface area (Å²) in [7, 11) is 1.63. The minimum atomic E-state index is -0.794. The zero-order valence-corrected chi connectivity index (χ0v) is 18.4. The summed E-state index contributed by atoms with van der Waals surface area (Å²) in [5, 5.41) is 22.0. The molecule has 0 heterocycles. The summed E-state index contributed by atoms with van der Waals surface area (Å²) < 4.78 is 11.5. The van der Waals surface area contributed by atoms with Gasteiger partial charge in [-0.1, -0.05) is 12.1 Å². The van der Waals surface area contributed by atoms with Gasteiger partial charge in [0.1, 0.15) is 17.2 Å². The third kappa shape index (κ3) is 4.14. The lowest BCUT2D eigenvalue weighted by Gasteiger charge is -2.57. The largest absolute Gasteiger partial charge is 0.497 e. The number of aliphatic imine (C=N–C) groups is 1. The number of nitrogens with zero attached hydrogens (tertiary/aromatic N) is 2. The number of nitriles is 1. The van der Waals surface area contributed by atoms with Crippen molar-refractivity contribution in [2.24, 2.45) is 28.2 Å². The van der Waals surface area contributed by atoms with Gasteiger partial charge in [0.2, 0.25) is 0 Å². The maximum absolute atomic E-state index is 12.0. The average Bonchev–Trinajstić information content (AvgIpc) is 2.73. The predicted molar refractivity (Wildman–Crippen MR) is 115 cm³/mol. The molecule has 4 fully saturated rings. The molecular formula is C24H31N3O4. The van der Waals surface area contributed by atoms with Crippen LogP contribution >= 0.6 is 0 Å². The van der Waals surface area contributed by atoms with Gasteiger partial charge in [-0.15, -0.1) is 0 Å². The average molecular weight is 426 g/mol. The van der Waals surface area contributed by atoms with Crippen molar-refractivity contribution >= 4 is 11.8 Å². The van der Waals surface area contributed by atoms with Crippen LogP contribution in [0.2, 0.25) is 0 Å². The van der Waals surface area contributed by atoms with Crippen molar-refractivity contribution in [1.82, 2.24) is 5.32 Å². The third-order valence-corrected chi connectivity index (χ3v) is 7.43. The number of rotatable bonds is 7. The number of carbonyl (C=O) groups is 1. The van der Waals surface area contributed by atoms with Crippen molar-refractivity contribution < 1.29 is 19.4 Å². The van der Waals surface area contributed by atoms with Crippen molar-refractivity contribution in [1.29, 1.82) is 5.26 Å². The number of benzene rings is 1. The molecule has 4 aliphatic rings. The number of aliphatic carboxylic acids is 1. The highest BCUT2D eigenvalue weighted by Crippen LogP contribution is 2.61. The molecule has 1 aromatic carbocycles. The van der Waals surface area contributed by atoms with Crippen LogP contribution in [0.3, 0.4) is 0 Å². The number of carboxylic acid groups (broad SMARTS) is 1. The molecule has 1 aromatic rings. The second-order valence-electron chi connectivity index (χ2n) is 9.91. The standard InChI is InChI=1S/C24H31N3O4/c1-23(2,31-13-15-5-4-6-19(9-15)30-3)21(26-14-25)27-20-17-7-16-8-18(20)12-24(10-16,11-17)22(28)29/h4-6,9,16-18,20H,7-8,10-13H2,1-3H3,(H,26,27)(H,28,29). The number of nitrogens with one attached hydrogen (secondary N) is 1. The van der Waals surface area contributed by atoms with Crippen molar-refractivity contribution in [2.45, 2.75) is 64.2 Å². The van der Waals surface area contributed by atoms with E-state index in [1.807, 2.05) is 44.3 Å². The van der Waals surface area contributed by atoms with E-state index in [9.17, 15) is 15.2 Å². The fourth-order valence-corrected chi connectivity index (χ4v) is 6.10. The fourth-order valence-electron chi connectivity index (χ4n) is 6.10. The lowest BCUT2D eigenvalue weighted by Crippen LogP contribution is -2.56. The molecule has 5 rings (SSSR count). The van der Waals surface area contributed by atoms with Gasteiger partial charge >= 0.3 is 5.97 Å². The second kappa shape index (κ2) is 8.16. The molecule has 2 N–H and O–H groups in total. The van der Waals surface area contributed by atoms with Crippen LogP contribution in [0.5, 0.6) is 5.75 Å². The quantitative estimate of drug-likeness (QED) is 0.298. The lowest BCUT2D eigenvalue weighted by molar-refractivity contribution is -0.166. The Kier molecular flexibility index (Phi) is 5.69. The molecule has 0 aromatic heterocycles. The fraction of sp³-hybridized carbons (Fsp3) is 0.625. The molecule has 166 valence electrons. The molecule has 7 nitrogen and oxygen atoms in total. The Morgan fingerprint density at radius 1 is 1.32 bits per heavy atom. The van der Waals surface area contributed by atoms with Gasteiger partial charge in [-0.2, -0.15) is 5.26 Å². The van der Waals surface area contributed by atoms with Gasteiger partial charge < -0.3 is 14.6 Å². The first kappa shape index (κ1) is 21.6. The molecule has 0 saturated heterocycles. The molecule has 0 aliphatic heterocycles. The van der Waals surface area contributed by atoms with Crippen molar-refractivity contribution in [3.63, 3.8) is 0 Å². The summed E-state index contributed by atoms with van der Waals surface area (Å²) in [6.07, 6.45) is 6.27. The maximum Gasteiger partial charge on any atom is 0.309 e. The molecule has 0 spiro atoms. The van der Waals surface area contributed by atoms with Gasteiger partial charge in [0.05, 0.1) is 25.2 Å². The smallest absolute Gasteiger partial charge is 0.309 e. The van der Waals surface area contributed by atoms with E-state index in [1.165, 1.54) is 0 Å². The van der Waals surface area contributed by atoms with Gasteiger partial charge in [0.15, 0.2) is 6.19 Å². The van der Waals surface area contributed by atoms with E-state index in [4.69, 9.17) is 14.5 Å². The van der Waals surface area contributed by atoms with Crippen LogP contribution < -0.4 is 10.1 Å². The summed E-state index contributed by atoms with van der Waals surface area (Å²) in [4.78, 5) is 17.0. The topological polar surface area (TPSA) is 104 Å². The van der Waals surface area contributed by atoms with Crippen LogP contribution in [0, 0.1) is 34.6 Å². The summed E-state index contributed by atoms with van der Waals surface area (Å²) in [6.45, 7) is 4.17. The Hall–Kier alpha value is -2.59. The SMILES string of the molecule is COc1cccc(COC(C)(C)C(=NC2C3CC4CC2CC(C(=O)O)(C4)C3)NC#N)c1. The molecule has 4 aliphatic carbocycles. The monoisotopic (exact) mass is 425 g/mol. The van der Waals surface area contributed by atoms with E-state index < -0.39 is 17.0 Å². The van der Waals surface area contributed by atoms with Crippen LogP contribution in [0.1, 0.15) is 51.5 Å². The molecule has 4 bridgehead atoms. The lowest BCUT2D eigenvalue weighted by atomic mass is 9.48. The number of ether oxygens (including phenoxy) is 2. The molecule has 0 radical (unpaired) electrons. The van der Waals surface area contributed by atoms with E-state index in [0.717, 1.165) is 30.6 Å². The van der Waals surface area contributed by atoms with E-state index in [2.05, 4.69) is 5.32 Å². The van der Waals surface area contributed by atoms with Crippen LogP contribution in [-0.4, -0.2) is 35.7 Å². The molecule has 4 saturated carbocycles. The van der Waals surface area contributed by atoms with E-state index in [-0.39, 0.29) is 17.9 Å². The first-order valence-electron chi connectivity index (χ1n) is 11.0. The van der Waals surface area contributed by atoms with Gasteiger partial charge in [0.25, 0.3) is 0 Å². The number of carboxylic acids is 1. The number of hydrogen-bond acceptors (Lipinski definition) is 5. The highest BCUT2D eigenvalue weighted by Gasteiger charge is 2.59. The molecule has 7 heteroatoms. The molecule has 0 amide bonds. The molecule has 31 heavy (non-hydrogen) atoms. The number of hydrogen-bond donors (Lipinski definition) is 2. The first-order chi connectivity index (χ1) is 14.8. The first-order valence-corrected chi connectivity index (χ1v) is 11.0. The summed E-state index contributed by atoms with van der Waals surface area (Å²) in [6, 6.07) is 7.73. The van der Waals surface area contributed by atoms with E-state index in [0.29, 0.717) is 31.2 Å². The zero-order valence-electron chi connectivity index (χ0n) is 18.4. The molecular weight excluding hydrogens is 394 g/mol. The van der Waals surface area contributed by atoms with E-state index >= 15 is 0 Å². The summed E-state index contributed by atoms with van der Waals surface area (Å²) >= 11 is 0. The van der Waals surface area contributed by atoms with E-state index in [1.54, 1.807) is 7.11 Å². The van der Waals surface area contributed by atoms with Gasteiger partial charge in [-0.05, 0) is 81.4 Å². The minimum absolute atomic E-state index is 0.0413. The van der Waals surface area contributed by atoms with Crippen LogP contribution in [0.25, 0.3) is 0 Å². The highest BCUT2D eigenvalue weighted by molar-refractivity contribution is 5.91. The number of amidine groups is 1. The number of methoxy groups -OCH3 is 1. The van der Waals surface area contributed by atoms with Gasteiger partial charge in [-0.25, -0.2) is 0 Å². The minimum Gasteiger partial charge on any atom is -0.497 e. The molecule has 2 unspecified atom stereocenters. The van der Waals surface area contributed by atoms with Crippen molar-refractivity contribution in [3.05, 3.63) is 29.8 Å². The predicted octanol–water partition coefficient (Wildman–Crippen LogP) is 3.74. The van der Waals surface area contributed by atoms with Gasteiger partial charge in [0, 0.05) is 0 Å². The third-order valence-electron chi connectivity index (χ3n) is 7.43. The van der Waals surface area contributed by atoms with Crippen LogP contribution in [0.15, 0.2) is 29.3 Å². The van der Waals surface area contributed by atoms with Crippen molar-refractivity contribution in [3.8, 4) is 11.9 Å². The summed E-state index contributed by atoms with van der Waals surface area (Å²) in [5.41, 5.74) is -0.386. The van der Waals surface area contributed by atoms with Gasteiger partial charge in [-0.3, -0.25) is 15.1 Å². The zero-order chi connectivity index (χ0) is 22.2. The summed E-state index contributed by atoms with van der Waals surface area (Å²) in [5.74, 6) is 1.64.